The van der Waals surface area contributed by atoms with Crippen LogP contribution < -0.4 is 4.90 Å². The number of rotatable bonds is 3. The average Bonchev–Trinajstić information content (AvgIpc) is 2.26. The second-order valence-electron chi connectivity index (χ2n) is 3.74. The van der Waals surface area contributed by atoms with Crippen molar-refractivity contribution in [1.29, 1.82) is 0 Å². The molecule has 0 radical (unpaired) electrons. The molecule has 0 fully saturated rings. The lowest BCUT2D eigenvalue weighted by Gasteiger charge is -2.21. The van der Waals surface area contributed by atoms with Crippen LogP contribution in [0.2, 0.25) is 0 Å². The number of hydrogen-bond donors (Lipinski definition) is 1. The second kappa shape index (κ2) is 4.79. The van der Waals surface area contributed by atoms with Gasteiger partial charge in [0.1, 0.15) is 5.92 Å². The Morgan fingerprint density at radius 2 is 1.88 bits per heavy atom. The van der Waals surface area contributed by atoms with E-state index in [0.29, 0.717) is 0 Å². The highest BCUT2D eigenvalue weighted by molar-refractivity contribution is 6.05. The van der Waals surface area contributed by atoms with Crippen molar-refractivity contribution in [1.82, 2.24) is 0 Å². The minimum Gasteiger partial charge on any atom is -0.481 e. The number of carbonyl (C=O) groups is 2. The molecule has 86 valence electrons. The molecule has 0 bridgehead atoms. The molecule has 1 aromatic carbocycles. The molecule has 1 aromatic rings. The van der Waals surface area contributed by atoms with Gasteiger partial charge in [-0.1, -0.05) is 18.2 Å². The van der Waals surface area contributed by atoms with E-state index in [1.807, 2.05) is 25.1 Å². The maximum atomic E-state index is 11.8. The molecule has 1 atom stereocenters. The molecular formula is C12H15NO3. The van der Waals surface area contributed by atoms with Crippen LogP contribution in [0.25, 0.3) is 0 Å². The molecule has 0 aromatic heterocycles. The summed E-state index contributed by atoms with van der Waals surface area (Å²) >= 11 is 0. The summed E-state index contributed by atoms with van der Waals surface area (Å²) in [5.41, 5.74) is 1.68. The Kier molecular flexibility index (Phi) is 3.66. The van der Waals surface area contributed by atoms with Crippen molar-refractivity contribution in [3.05, 3.63) is 29.8 Å². The van der Waals surface area contributed by atoms with Crippen LogP contribution in [-0.4, -0.2) is 24.0 Å². The van der Waals surface area contributed by atoms with Crippen LogP contribution in [0.15, 0.2) is 24.3 Å². The molecule has 0 aliphatic heterocycles. The molecule has 0 saturated heterocycles. The van der Waals surface area contributed by atoms with Gasteiger partial charge in [0.25, 0.3) is 0 Å². The van der Waals surface area contributed by atoms with Gasteiger partial charge in [-0.3, -0.25) is 9.59 Å². The van der Waals surface area contributed by atoms with E-state index < -0.39 is 17.8 Å². The van der Waals surface area contributed by atoms with Gasteiger partial charge in [-0.2, -0.15) is 0 Å². The smallest absolute Gasteiger partial charge is 0.315 e. The molecule has 1 unspecified atom stereocenters. The van der Waals surface area contributed by atoms with Crippen molar-refractivity contribution in [3.8, 4) is 0 Å². The predicted molar refractivity (Wildman–Crippen MR) is 61.4 cm³/mol. The van der Waals surface area contributed by atoms with Crippen LogP contribution in [-0.2, 0) is 9.59 Å². The first kappa shape index (κ1) is 12.2. The summed E-state index contributed by atoms with van der Waals surface area (Å²) in [6.07, 6.45) is 0. The minimum atomic E-state index is -1.11. The van der Waals surface area contributed by atoms with Gasteiger partial charge in [-0.05, 0) is 25.5 Å². The summed E-state index contributed by atoms with van der Waals surface area (Å²) in [5, 5.41) is 8.77. The van der Waals surface area contributed by atoms with Gasteiger partial charge in [0.15, 0.2) is 0 Å². The van der Waals surface area contributed by atoms with Crippen LogP contribution in [0.5, 0.6) is 0 Å². The van der Waals surface area contributed by atoms with Gasteiger partial charge in [0.2, 0.25) is 5.91 Å². The van der Waals surface area contributed by atoms with E-state index >= 15 is 0 Å². The number of hydrogen-bond acceptors (Lipinski definition) is 2. The topological polar surface area (TPSA) is 57.6 Å². The Labute approximate surface area is 94.5 Å². The molecule has 0 heterocycles. The van der Waals surface area contributed by atoms with E-state index in [1.54, 1.807) is 13.1 Å². The molecule has 4 nitrogen and oxygen atoms in total. The Bertz CT molecular complexity index is 414. The Morgan fingerprint density at radius 1 is 1.31 bits per heavy atom. The van der Waals surface area contributed by atoms with Gasteiger partial charge in [0.05, 0.1) is 0 Å². The third-order valence-corrected chi connectivity index (χ3v) is 2.55. The van der Waals surface area contributed by atoms with E-state index in [4.69, 9.17) is 5.11 Å². The first-order valence-corrected chi connectivity index (χ1v) is 5.01. The number of aryl methyl sites for hydroxylation is 1. The van der Waals surface area contributed by atoms with E-state index in [2.05, 4.69) is 0 Å². The van der Waals surface area contributed by atoms with Crippen molar-refractivity contribution < 1.29 is 14.7 Å². The lowest BCUT2D eigenvalue weighted by atomic mass is 10.1. The standard InChI is InChI=1S/C12H15NO3/c1-8-6-4-5-7-10(8)13(3)11(14)9(2)12(15)16/h4-7,9H,1-3H3,(H,15,16). The fourth-order valence-electron chi connectivity index (χ4n) is 1.45. The molecule has 0 aliphatic carbocycles. The van der Waals surface area contributed by atoms with Gasteiger partial charge >= 0.3 is 5.97 Å². The highest BCUT2D eigenvalue weighted by atomic mass is 16.4. The summed E-state index contributed by atoms with van der Waals surface area (Å²) < 4.78 is 0. The molecule has 1 rings (SSSR count). The second-order valence-corrected chi connectivity index (χ2v) is 3.74. The van der Waals surface area contributed by atoms with Crippen molar-refractivity contribution >= 4 is 17.6 Å². The summed E-state index contributed by atoms with van der Waals surface area (Å²) in [4.78, 5) is 23.9. The minimum absolute atomic E-state index is 0.415. The predicted octanol–water partition coefficient (Wildman–Crippen LogP) is 1.68. The summed E-state index contributed by atoms with van der Waals surface area (Å²) in [7, 11) is 1.59. The lowest BCUT2D eigenvalue weighted by Crippen LogP contribution is -2.35. The van der Waals surface area contributed by atoms with E-state index in [0.717, 1.165) is 11.3 Å². The third-order valence-electron chi connectivity index (χ3n) is 2.55. The number of benzene rings is 1. The third kappa shape index (κ3) is 2.39. The average molecular weight is 221 g/mol. The van der Waals surface area contributed by atoms with Crippen LogP contribution in [0.1, 0.15) is 12.5 Å². The Morgan fingerprint density at radius 3 is 2.38 bits per heavy atom. The van der Waals surface area contributed by atoms with Crippen LogP contribution in [0.3, 0.4) is 0 Å². The van der Waals surface area contributed by atoms with Crippen LogP contribution in [0.4, 0.5) is 5.69 Å². The van der Waals surface area contributed by atoms with Gasteiger partial charge in [-0.25, -0.2) is 0 Å². The molecule has 0 saturated carbocycles. The van der Waals surface area contributed by atoms with E-state index in [9.17, 15) is 9.59 Å². The molecule has 0 aliphatic rings. The van der Waals surface area contributed by atoms with Crippen LogP contribution in [0, 0.1) is 12.8 Å². The fourth-order valence-corrected chi connectivity index (χ4v) is 1.45. The van der Waals surface area contributed by atoms with E-state index in [-0.39, 0.29) is 0 Å². The molecular weight excluding hydrogens is 206 g/mol. The SMILES string of the molecule is Cc1ccccc1N(C)C(=O)C(C)C(=O)O. The molecule has 0 spiro atoms. The first-order chi connectivity index (χ1) is 7.45. The maximum Gasteiger partial charge on any atom is 0.315 e. The normalized spacial score (nSPS) is 11.9. The number of carboxylic acid groups (broad SMARTS) is 1. The largest absolute Gasteiger partial charge is 0.481 e. The molecule has 1 amide bonds. The van der Waals surface area contributed by atoms with Crippen molar-refractivity contribution in [3.63, 3.8) is 0 Å². The highest BCUT2D eigenvalue weighted by Gasteiger charge is 2.25. The maximum absolute atomic E-state index is 11.8. The number of nitrogens with zero attached hydrogens (tertiary/aromatic N) is 1. The number of aliphatic carboxylic acids is 1. The number of carboxylic acids is 1. The number of para-hydroxylation sites is 1. The zero-order valence-electron chi connectivity index (χ0n) is 9.60. The monoisotopic (exact) mass is 221 g/mol. The zero-order valence-corrected chi connectivity index (χ0v) is 9.60. The molecule has 4 heteroatoms. The van der Waals surface area contributed by atoms with Crippen molar-refractivity contribution in [2.75, 3.05) is 11.9 Å². The quantitative estimate of drug-likeness (QED) is 0.790. The number of anilines is 1. The van der Waals surface area contributed by atoms with Gasteiger partial charge in [0, 0.05) is 12.7 Å². The van der Waals surface area contributed by atoms with Crippen molar-refractivity contribution in [2.24, 2.45) is 5.92 Å². The van der Waals surface area contributed by atoms with Crippen LogP contribution >= 0.6 is 0 Å². The highest BCUT2D eigenvalue weighted by Crippen LogP contribution is 2.19. The summed E-state index contributed by atoms with van der Waals surface area (Å²) in [5.74, 6) is -2.54. The molecule has 1 N–H and O–H groups in total. The Hall–Kier alpha value is -1.84. The number of amides is 1. The summed E-state index contributed by atoms with van der Waals surface area (Å²) in [6.45, 7) is 3.27. The zero-order chi connectivity index (χ0) is 12.3. The van der Waals surface area contributed by atoms with Crippen molar-refractivity contribution in [2.45, 2.75) is 13.8 Å². The van der Waals surface area contributed by atoms with E-state index in [1.165, 1.54) is 11.8 Å². The Balaban J connectivity index is 2.95. The van der Waals surface area contributed by atoms with Gasteiger partial charge in [-0.15, -0.1) is 0 Å². The molecule has 16 heavy (non-hydrogen) atoms. The fraction of sp³-hybridized carbons (Fsp3) is 0.333. The number of carbonyl (C=O) groups excluding carboxylic acids is 1. The lowest BCUT2D eigenvalue weighted by molar-refractivity contribution is -0.145. The summed E-state index contributed by atoms with van der Waals surface area (Å²) in [6, 6.07) is 7.36. The van der Waals surface area contributed by atoms with Gasteiger partial charge < -0.3 is 10.0 Å². The first-order valence-electron chi connectivity index (χ1n) is 5.01.